The first-order valence-corrected chi connectivity index (χ1v) is 6.23. The molecule has 0 aromatic carbocycles. The molecule has 1 N–H and O–H groups in total. The number of piperazine rings is 1. The van der Waals surface area contributed by atoms with Crippen LogP contribution in [0.25, 0.3) is 0 Å². The second-order valence-electron chi connectivity index (χ2n) is 4.90. The minimum absolute atomic E-state index is 0.129. The van der Waals surface area contributed by atoms with Gasteiger partial charge in [0.1, 0.15) is 17.6 Å². The summed E-state index contributed by atoms with van der Waals surface area (Å²) in [6.45, 7) is 4.12. The van der Waals surface area contributed by atoms with E-state index in [-0.39, 0.29) is 17.3 Å². The topological polar surface area (TPSA) is 99.8 Å². The van der Waals surface area contributed by atoms with Crippen molar-refractivity contribution in [1.29, 1.82) is 0 Å². The summed E-state index contributed by atoms with van der Waals surface area (Å²) < 4.78 is 0. The lowest BCUT2D eigenvalue weighted by atomic mass is 10.1. The Labute approximate surface area is 115 Å². The van der Waals surface area contributed by atoms with Crippen LogP contribution in [-0.2, 0) is 0 Å². The fourth-order valence-corrected chi connectivity index (χ4v) is 2.20. The van der Waals surface area contributed by atoms with Crippen LogP contribution in [0.4, 0.5) is 11.5 Å². The minimum atomic E-state index is -1.21. The molecule has 0 spiro atoms. The number of aromatic nitrogens is 1. The Kier molecular flexibility index (Phi) is 3.84. The highest BCUT2D eigenvalue weighted by atomic mass is 16.6. The minimum Gasteiger partial charge on any atom is -0.478 e. The Morgan fingerprint density at radius 1 is 1.55 bits per heavy atom. The van der Waals surface area contributed by atoms with Crippen LogP contribution < -0.4 is 4.90 Å². The molecule has 0 radical (unpaired) electrons. The fraction of sp³-hybridized carbons (Fsp3) is 0.500. The standard InChI is InChI=1S/C12H16N4O4/c1-8-7-15(4-3-14(8)2)11-10(12(17)18)5-9(6-13-11)16(19)20/h5-6,8H,3-4,7H2,1-2H3,(H,17,18). The van der Waals surface area contributed by atoms with Crippen LogP contribution in [0.15, 0.2) is 12.3 Å². The third kappa shape index (κ3) is 2.69. The van der Waals surface area contributed by atoms with E-state index >= 15 is 0 Å². The van der Waals surface area contributed by atoms with E-state index in [4.69, 9.17) is 0 Å². The molecule has 2 rings (SSSR count). The maximum Gasteiger partial charge on any atom is 0.339 e. The summed E-state index contributed by atoms with van der Waals surface area (Å²) in [7, 11) is 2.00. The van der Waals surface area contributed by atoms with Gasteiger partial charge in [0.25, 0.3) is 5.69 Å². The van der Waals surface area contributed by atoms with Gasteiger partial charge in [0.2, 0.25) is 0 Å². The smallest absolute Gasteiger partial charge is 0.339 e. The van der Waals surface area contributed by atoms with E-state index in [1.165, 1.54) is 0 Å². The van der Waals surface area contributed by atoms with Crippen molar-refractivity contribution in [3.05, 3.63) is 27.9 Å². The van der Waals surface area contributed by atoms with Gasteiger partial charge in [0.15, 0.2) is 0 Å². The maximum absolute atomic E-state index is 11.3. The van der Waals surface area contributed by atoms with Gasteiger partial charge >= 0.3 is 5.97 Å². The number of likely N-dealkylation sites (N-methyl/N-ethyl adjacent to an activating group) is 1. The molecular formula is C12H16N4O4. The van der Waals surface area contributed by atoms with Crippen molar-refractivity contribution in [3.8, 4) is 0 Å². The molecule has 2 heterocycles. The molecule has 1 aliphatic heterocycles. The van der Waals surface area contributed by atoms with Crippen molar-refractivity contribution in [2.24, 2.45) is 0 Å². The summed E-state index contributed by atoms with van der Waals surface area (Å²) in [5.41, 5.74) is -0.440. The van der Waals surface area contributed by atoms with Gasteiger partial charge in [0, 0.05) is 31.7 Å². The zero-order valence-electron chi connectivity index (χ0n) is 11.3. The van der Waals surface area contributed by atoms with Crippen LogP contribution in [0.1, 0.15) is 17.3 Å². The highest BCUT2D eigenvalue weighted by Crippen LogP contribution is 2.24. The Balaban J connectivity index is 2.36. The van der Waals surface area contributed by atoms with Crippen molar-refractivity contribution in [2.75, 3.05) is 31.6 Å². The Morgan fingerprint density at radius 2 is 2.25 bits per heavy atom. The van der Waals surface area contributed by atoms with E-state index in [2.05, 4.69) is 9.88 Å². The van der Waals surface area contributed by atoms with Crippen molar-refractivity contribution in [2.45, 2.75) is 13.0 Å². The highest BCUT2D eigenvalue weighted by molar-refractivity contribution is 5.94. The summed E-state index contributed by atoms with van der Waals surface area (Å²) in [5, 5.41) is 19.9. The molecular weight excluding hydrogens is 264 g/mol. The third-order valence-corrected chi connectivity index (χ3v) is 3.55. The van der Waals surface area contributed by atoms with Gasteiger partial charge in [-0.3, -0.25) is 10.1 Å². The van der Waals surface area contributed by atoms with Crippen LogP contribution in [0.5, 0.6) is 0 Å². The van der Waals surface area contributed by atoms with Gasteiger partial charge in [-0.2, -0.15) is 0 Å². The molecule has 1 atom stereocenters. The van der Waals surface area contributed by atoms with E-state index in [1.54, 1.807) is 0 Å². The number of carbonyl (C=O) groups is 1. The van der Waals surface area contributed by atoms with Gasteiger partial charge in [-0.05, 0) is 14.0 Å². The van der Waals surface area contributed by atoms with Crippen LogP contribution >= 0.6 is 0 Å². The maximum atomic E-state index is 11.3. The van der Waals surface area contributed by atoms with E-state index in [0.717, 1.165) is 18.8 Å². The average Bonchev–Trinajstić information content (AvgIpc) is 2.41. The molecule has 0 aliphatic carbocycles. The van der Waals surface area contributed by atoms with Crippen molar-refractivity contribution >= 4 is 17.5 Å². The van der Waals surface area contributed by atoms with Gasteiger partial charge in [-0.25, -0.2) is 9.78 Å². The highest BCUT2D eigenvalue weighted by Gasteiger charge is 2.26. The largest absolute Gasteiger partial charge is 0.478 e. The normalized spacial score (nSPS) is 19.9. The molecule has 1 saturated heterocycles. The van der Waals surface area contributed by atoms with Crippen LogP contribution in [0.2, 0.25) is 0 Å². The van der Waals surface area contributed by atoms with Crippen molar-refractivity contribution < 1.29 is 14.8 Å². The second-order valence-corrected chi connectivity index (χ2v) is 4.90. The van der Waals surface area contributed by atoms with Gasteiger partial charge in [-0.15, -0.1) is 0 Å². The summed E-state index contributed by atoms with van der Waals surface area (Å²) in [6.07, 6.45) is 1.10. The number of pyridine rings is 1. The van der Waals surface area contributed by atoms with Gasteiger partial charge in [-0.1, -0.05) is 0 Å². The number of hydrogen-bond donors (Lipinski definition) is 1. The number of nitro groups is 1. The van der Waals surface area contributed by atoms with Crippen LogP contribution in [-0.4, -0.2) is 58.6 Å². The quantitative estimate of drug-likeness (QED) is 0.646. The lowest BCUT2D eigenvalue weighted by Crippen LogP contribution is -2.50. The number of hydrogen-bond acceptors (Lipinski definition) is 6. The molecule has 108 valence electrons. The Bertz CT molecular complexity index is 548. The predicted molar refractivity (Wildman–Crippen MR) is 72.2 cm³/mol. The number of aromatic carboxylic acids is 1. The molecule has 8 heteroatoms. The molecule has 1 fully saturated rings. The molecule has 1 aliphatic rings. The zero-order chi connectivity index (χ0) is 14.9. The lowest BCUT2D eigenvalue weighted by molar-refractivity contribution is -0.385. The monoisotopic (exact) mass is 280 g/mol. The summed E-state index contributed by atoms with van der Waals surface area (Å²) in [5.74, 6) is -0.911. The van der Waals surface area contributed by atoms with Crippen LogP contribution in [0.3, 0.4) is 0 Å². The third-order valence-electron chi connectivity index (χ3n) is 3.55. The number of carboxylic acids is 1. The Hall–Kier alpha value is -2.22. The first-order valence-electron chi connectivity index (χ1n) is 6.23. The van der Waals surface area contributed by atoms with E-state index < -0.39 is 10.9 Å². The van der Waals surface area contributed by atoms with E-state index in [1.807, 2.05) is 18.9 Å². The SMILES string of the molecule is CC1CN(c2ncc([N+](=O)[O-])cc2C(=O)O)CCN1C. The Morgan fingerprint density at radius 3 is 2.80 bits per heavy atom. The molecule has 20 heavy (non-hydrogen) atoms. The van der Waals surface area contributed by atoms with E-state index in [0.29, 0.717) is 18.9 Å². The zero-order valence-corrected chi connectivity index (χ0v) is 11.3. The van der Waals surface area contributed by atoms with Crippen molar-refractivity contribution in [3.63, 3.8) is 0 Å². The van der Waals surface area contributed by atoms with Crippen molar-refractivity contribution in [1.82, 2.24) is 9.88 Å². The summed E-state index contributed by atoms with van der Waals surface area (Å²) >= 11 is 0. The molecule has 0 amide bonds. The number of nitrogens with zero attached hydrogens (tertiary/aromatic N) is 4. The summed E-state index contributed by atoms with van der Waals surface area (Å²) in [4.78, 5) is 29.4. The molecule has 0 bridgehead atoms. The first kappa shape index (κ1) is 14.2. The molecule has 0 saturated carbocycles. The predicted octanol–water partition coefficient (Wildman–Crippen LogP) is 0.828. The second kappa shape index (κ2) is 5.41. The van der Waals surface area contributed by atoms with E-state index in [9.17, 15) is 20.0 Å². The van der Waals surface area contributed by atoms with Gasteiger partial charge < -0.3 is 14.9 Å². The average molecular weight is 280 g/mol. The molecule has 1 aromatic heterocycles. The number of anilines is 1. The molecule has 1 unspecified atom stereocenters. The molecule has 8 nitrogen and oxygen atoms in total. The number of rotatable bonds is 3. The first-order chi connectivity index (χ1) is 9.40. The van der Waals surface area contributed by atoms with Gasteiger partial charge in [0.05, 0.1) is 4.92 Å². The fourth-order valence-electron chi connectivity index (χ4n) is 2.20. The van der Waals surface area contributed by atoms with Crippen LogP contribution in [0, 0.1) is 10.1 Å². The number of carboxylic acid groups (broad SMARTS) is 1. The summed E-state index contributed by atoms with van der Waals surface area (Å²) in [6, 6.07) is 1.33. The molecule has 1 aromatic rings. The lowest BCUT2D eigenvalue weighted by Gasteiger charge is -2.38.